The third-order valence-electron chi connectivity index (χ3n) is 5.74. The van der Waals surface area contributed by atoms with Crippen LogP contribution in [0, 0.1) is 6.92 Å². The lowest BCUT2D eigenvalue weighted by Gasteiger charge is -2.31. The van der Waals surface area contributed by atoms with Crippen LogP contribution in [0.3, 0.4) is 0 Å². The van der Waals surface area contributed by atoms with Gasteiger partial charge in [0.2, 0.25) is 5.91 Å². The summed E-state index contributed by atoms with van der Waals surface area (Å²) in [6.07, 6.45) is 4.84. The van der Waals surface area contributed by atoms with Gasteiger partial charge in [0.25, 0.3) is 5.91 Å². The van der Waals surface area contributed by atoms with Crippen molar-refractivity contribution in [2.45, 2.75) is 64.6 Å². The summed E-state index contributed by atoms with van der Waals surface area (Å²) in [5, 5.41) is 3.76. The summed E-state index contributed by atoms with van der Waals surface area (Å²) in [4.78, 5) is 27.9. The summed E-state index contributed by atoms with van der Waals surface area (Å²) in [7, 11) is 0. The Morgan fingerprint density at radius 3 is 2.35 bits per heavy atom. The average Bonchev–Trinajstić information content (AvgIpc) is 3.27. The summed E-state index contributed by atoms with van der Waals surface area (Å²) in [5.74, 6) is 0.266. The first-order valence-corrected chi connectivity index (χ1v) is 11.4. The normalized spacial score (nSPS) is 14.8. The standard InChI is InChI=1S/C25H31ClN2O3/c1-3-23(25(30)27-21-6-4-5-7-21)28(16-19-10-8-18(2)9-11-19)24(29)17-31-22-14-12-20(26)13-15-22/h8-15,21,23H,3-7,16-17H2,1-2H3,(H,27,30)/t23-/m0/s1. The number of carbonyl (C=O) groups is 2. The number of halogens is 1. The molecule has 0 aromatic heterocycles. The first-order valence-electron chi connectivity index (χ1n) is 11.0. The molecule has 1 N–H and O–H groups in total. The molecule has 1 aliphatic rings. The Kier molecular flexibility index (Phi) is 8.35. The van der Waals surface area contributed by atoms with Crippen molar-refractivity contribution in [1.29, 1.82) is 0 Å². The molecule has 31 heavy (non-hydrogen) atoms. The average molecular weight is 443 g/mol. The van der Waals surface area contributed by atoms with E-state index in [4.69, 9.17) is 16.3 Å². The van der Waals surface area contributed by atoms with Crippen molar-refractivity contribution in [1.82, 2.24) is 10.2 Å². The Morgan fingerprint density at radius 2 is 1.74 bits per heavy atom. The number of hydrogen-bond acceptors (Lipinski definition) is 3. The Hall–Kier alpha value is -2.53. The Morgan fingerprint density at radius 1 is 1.10 bits per heavy atom. The highest BCUT2D eigenvalue weighted by atomic mass is 35.5. The van der Waals surface area contributed by atoms with Crippen molar-refractivity contribution >= 4 is 23.4 Å². The van der Waals surface area contributed by atoms with Crippen molar-refractivity contribution in [3.05, 3.63) is 64.7 Å². The molecular weight excluding hydrogens is 412 g/mol. The number of rotatable bonds is 9. The smallest absolute Gasteiger partial charge is 0.261 e. The second-order valence-electron chi connectivity index (χ2n) is 8.16. The number of nitrogens with one attached hydrogen (secondary N) is 1. The molecular formula is C25H31ClN2O3. The first kappa shape index (κ1) is 23.1. The molecule has 6 heteroatoms. The molecule has 0 radical (unpaired) electrons. The molecule has 1 saturated carbocycles. The molecule has 0 aliphatic heterocycles. The number of amides is 2. The summed E-state index contributed by atoms with van der Waals surface area (Å²) < 4.78 is 5.69. The summed E-state index contributed by atoms with van der Waals surface area (Å²) in [5.41, 5.74) is 2.14. The van der Waals surface area contributed by atoms with E-state index in [1.807, 2.05) is 38.1 Å². The van der Waals surface area contributed by atoms with Gasteiger partial charge >= 0.3 is 0 Å². The maximum atomic E-state index is 13.2. The summed E-state index contributed by atoms with van der Waals surface area (Å²) in [6.45, 7) is 4.19. The van der Waals surface area contributed by atoms with Crippen LogP contribution in [-0.2, 0) is 16.1 Å². The van der Waals surface area contributed by atoms with Crippen molar-refractivity contribution in [2.24, 2.45) is 0 Å². The minimum Gasteiger partial charge on any atom is -0.484 e. The van der Waals surface area contributed by atoms with Crippen molar-refractivity contribution in [3.8, 4) is 5.75 Å². The van der Waals surface area contributed by atoms with E-state index in [1.54, 1.807) is 29.2 Å². The molecule has 0 spiro atoms. The molecule has 3 rings (SSSR count). The van der Waals surface area contributed by atoms with E-state index >= 15 is 0 Å². The Labute approximate surface area is 189 Å². The summed E-state index contributed by atoms with van der Waals surface area (Å²) >= 11 is 5.92. The highest BCUT2D eigenvalue weighted by molar-refractivity contribution is 6.30. The zero-order valence-corrected chi connectivity index (χ0v) is 19.0. The van der Waals surface area contributed by atoms with Crippen molar-refractivity contribution < 1.29 is 14.3 Å². The Bertz CT molecular complexity index is 861. The fourth-order valence-electron chi connectivity index (χ4n) is 3.94. The van der Waals surface area contributed by atoms with E-state index in [-0.39, 0.29) is 24.5 Å². The van der Waals surface area contributed by atoms with Crippen LogP contribution >= 0.6 is 11.6 Å². The van der Waals surface area contributed by atoms with Gasteiger partial charge in [-0.25, -0.2) is 0 Å². The molecule has 0 heterocycles. The molecule has 2 aromatic rings. The predicted octanol–water partition coefficient (Wildman–Crippen LogP) is 4.89. The van der Waals surface area contributed by atoms with Gasteiger partial charge in [-0.1, -0.05) is 61.2 Å². The van der Waals surface area contributed by atoms with Gasteiger partial charge in [-0.15, -0.1) is 0 Å². The second-order valence-corrected chi connectivity index (χ2v) is 8.60. The van der Waals surface area contributed by atoms with Crippen molar-refractivity contribution in [3.63, 3.8) is 0 Å². The highest BCUT2D eigenvalue weighted by Crippen LogP contribution is 2.20. The largest absolute Gasteiger partial charge is 0.484 e. The van der Waals surface area contributed by atoms with E-state index in [1.165, 1.54) is 0 Å². The van der Waals surface area contributed by atoms with Gasteiger partial charge < -0.3 is 15.0 Å². The molecule has 166 valence electrons. The molecule has 2 aromatic carbocycles. The lowest BCUT2D eigenvalue weighted by Crippen LogP contribution is -2.52. The van der Waals surface area contributed by atoms with Crippen LogP contribution in [0.5, 0.6) is 5.75 Å². The van der Waals surface area contributed by atoms with Crippen LogP contribution in [-0.4, -0.2) is 35.4 Å². The molecule has 2 amide bonds. The predicted molar refractivity (Wildman–Crippen MR) is 123 cm³/mol. The number of nitrogens with zero attached hydrogens (tertiary/aromatic N) is 1. The molecule has 1 aliphatic carbocycles. The van der Waals surface area contributed by atoms with E-state index in [9.17, 15) is 9.59 Å². The van der Waals surface area contributed by atoms with Gasteiger partial charge in [-0.3, -0.25) is 9.59 Å². The minimum atomic E-state index is -0.539. The molecule has 0 saturated heterocycles. The maximum absolute atomic E-state index is 13.2. The number of aryl methyl sites for hydroxylation is 1. The van der Waals surface area contributed by atoms with Gasteiger partial charge in [0.15, 0.2) is 6.61 Å². The molecule has 1 atom stereocenters. The molecule has 0 bridgehead atoms. The topological polar surface area (TPSA) is 58.6 Å². The highest BCUT2D eigenvalue weighted by Gasteiger charge is 2.30. The van der Waals surface area contributed by atoms with Crippen LogP contribution in [0.1, 0.15) is 50.2 Å². The van der Waals surface area contributed by atoms with E-state index < -0.39 is 6.04 Å². The SMILES string of the molecule is CC[C@@H](C(=O)NC1CCCC1)N(Cc1ccc(C)cc1)C(=O)COc1ccc(Cl)cc1. The minimum absolute atomic E-state index is 0.0821. The third-order valence-corrected chi connectivity index (χ3v) is 5.99. The molecule has 1 fully saturated rings. The zero-order valence-electron chi connectivity index (χ0n) is 18.3. The van der Waals surface area contributed by atoms with Crippen molar-refractivity contribution in [2.75, 3.05) is 6.61 Å². The van der Waals surface area contributed by atoms with Crippen LogP contribution in [0.4, 0.5) is 0 Å². The molecule has 5 nitrogen and oxygen atoms in total. The lowest BCUT2D eigenvalue weighted by atomic mass is 10.1. The van der Waals surface area contributed by atoms with Crippen LogP contribution in [0.2, 0.25) is 5.02 Å². The lowest BCUT2D eigenvalue weighted by molar-refractivity contribution is -0.143. The number of hydrogen-bond donors (Lipinski definition) is 1. The third kappa shape index (κ3) is 6.73. The number of ether oxygens (including phenoxy) is 1. The first-order chi connectivity index (χ1) is 15.0. The monoisotopic (exact) mass is 442 g/mol. The number of benzene rings is 2. The van der Waals surface area contributed by atoms with Gasteiger partial charge in [-0.05, 0) is 56.0 Å². The van der Waals surface area contributed by atoms with Gasteiger partial charge in [0, 0.05) is 17.6 Å². The van der Waals surface area contributed by atoms with E-state index in [0.29, 0.717) is 23.7 Å². The van der Waals surface area contributed by atoms with E-state index in [0.717, 1.165) is 36.8 Å². The maximum Gasteiger partial charge on any atom is 0.261 e. The fraction of sp³-hybridized carbons (Fsp3) is 0.440. The summed E-state index contributed by atoms with van der Waals surface area (Å²) in [6, 6.07) is 14.6. The van der Waals surface area contributed by atoms with Gasteiger partial charge in [-0.2, -0.15) is 0 Å². The molecule has 0 unspecified atom stereocenters. The fourth-order valence-corrected chi connectivity index (χ4v) is 4.06. The van der Waals surface area contributed by atoms with E-state index in [2.05, 4.69) is 5.32 Å². The van der Waals surface area contributed by atoms with Crippen LogP contribution in [0.15, 0.2) is 48.5 Å². The van der Waals surface area contributed by atoms with Crippen LogP contribution in [0.25, 0.3) is 0 Å². The van der Waals surface area contributed by atoms with Gasteiger partial charge in [0.05, 0.1) is 0 Å². The number of carbonyl (C=O) groups excluding carboxylic acids is 2. The zero-order chi connectivity index (χ0) is 22.2. The van der Waals surface area contributed by atoms with Crippen LogP contribution < -0.4 is 10.1 Å². The second kappa shape index (κ2) is 11.2. The van der Waals surface area contributed by atoms with Gasteiger partial charge in [0.1, 0.15) is 11.8 Å². The quantitative estimate of drug-likeness (QED) is 0.601. The Balaban J connectivity index is 1.74.